The van der Waals surface area contributed by atoms with E-state index in [-0.39, 0.29) is 0 Å². The molecule has 0 radical (unpaired) electrons. The van der Waals surface area contributed by atoms with Crippen molar-refractivity contribution in [3.05, 3.63) is 29.8 Å². The third-order valence-electron chi connectivity index (χ3n) is 3.98. The number of nitrogens with two attached hydrogens (primary N) is 1. The van der Waals surface area contributed by atoms with Gasteiger partial charge in [0.1, 0.15) is 0 Å². The maximum absolute atomic E-state index is 5.65. The molecule has 1 aromatic carbocycles. The number of anilines is 1. The summed E-state index contributed by atoms with van der Waals surface area (Å²) < 4.78 is 0. The van der Waals surface area contributed by atoms with Gasteiger partial charge in [0.15, 0.2) is 0 Å². The van der Waals surface area contributed by atoms with Crippen LogP contribution in [0.4, 0.5) is 5.69 Å². The van der Waals surface area contributed by atoms with E-state index in [1.165, 1.54) is 56.4 Å². The lowest BCUT2D eigenvalue weighted by Gasteiger charge is -2.27. The van der Waals surface area contributed by atoms with Gasteiger partial charge in [0.25, 0.3) is 0 Å². The molecule has 1 saturated carbocycles. The second kappa shape index (κ2) is 6.79. The van der Waals surface area contributed by atoms with Crippen LogP contribution in [0.5, 0.6) is 0 Å². The highest BCUT2D eigenvalue weighted by molar-refractivity contribution is 5.47. The predicted molar refractivity (Wildman–Crippen MR) is 78.8 cm³/mol. The number of hydrogen-bond acceptors (Lipinski definition) is 2. The second-order valence-electron chi connectivity index (χ2n) is 5.47. The predicted octanol–water partition coefficient (Wildman–Crippen LogP) is 3.55. The van der Waals surface area contributed by atoms with Gasteiger partial charge in [-0.25, -0.2) is 0 Å². The van der Waals surface area contributed by atoms with Crippen LogP contribution in [0.1, 0.15) is 44.6 Å². The van der Waals surface area contributed by atoms with Crippen LogP contribution in [0.15, 0.2) is 24.3 Å². The van der Waals surface area contributed by atoms with E-state index in [2.05, 4.69) is 36.1 Å². The molecule has 0 heterocycles. The van der Waals surface area contributed by atoms with Gasteiger partial charge in [-0.3, -0.25) is 0 Å². The largest absolute Gasteiger partial charge is 0.371 e. The summed E-state index contributed by atoms with van der Waals surface area (Å²) in [7, 11) is 0. The van der Waals surface area contributed by atoms with Crippen LogP contribution in [-0.4, -0.2) is 13.1 Å². The molecule has 0 bridgehead atoms. The Kier molecular flexibility index (Phi) is 5.06. The summed E-state index contributed by atoms with van der Waals surface area (Å²) in [5.74, 6) is 0.908. The lowest BCUT2D eigenvalue weighted by Crippen LogP contribution is -2.29. The minimum Gasteiger partial charge on any atom is -0.371 e. The van der Waals surface area contributed by atoms with Crippen molar-refractivity contribution in [3.63, 3.8) is 0 Å². The Morgan fingerprint density at radius 1 is 1.17 bits per heavy atom. The van der Waals surface area contributed by atoms with Gasteiger partial charge in [0.05, 0.1) is 0 Å². The minimum atomic E-state index is 0.636. The van der Waals surface area contributed by atoms with E-state index in [4.69, 9.17) is 5.73 Å². The molecule has 0 spiro atoms. The van der Waals surface area contributed by atoms with Crippen LogP contribution in [0, 0.1) is 5.92 Å². The Morgan fingerprint density at radius 2 is 1.83 bits per heavy atom. The maximum atomic E-state index is 5.65. The van der Waals surface area contributed by atoms with Crippen LogP contribution in [0.2, 0.25) is 0 Å². The van der Waals surface area contributed by atoms with Gasteiger partial charge in [-0.05, 0) is 42.9 Å². The number of rotatable bonds is 6. The van der Waals surface area contributed by atoms with E-state index in [0.717, 1.165) is 5.92 Å². The Balaban J connectivity index is 2.02. The average Bonchev–Trinajstić information content (AvgIpc) is 2.91. The van der Waals surface area contributed by atoms with Crippen molar-refractivity contribution in [2.75, 3.05) is 18.0 Å². The van der Waals surface area contributed by atoms with Gasteiger partial charge in [0, 0.05) is 25.3 Å². The summed E-state index contributed by atoms with van der Waals surface area (Å²) in [6, 6.07) is 8.78. The Hall–Kier alpha value is -1.02. The van der Waals surface area contributed by atoms with Gasteiger partial charge >= 0.3 is 0 Å². The first-order valence-electron chi connectivity index (χ1n) is 7.37. The molecule has 2 rings (SSSR count). The molecule has 1 aromatic rings. The van der Waals surface area contributed by atoms with Gasteiger partial charge in [-0.2, -0.15) is 0 Å². The molecular formula is C16H26N2. The quantitative estimate of drug-likeness (QED) is 0.831. The molecular weight excluding hydrogens is 220 g/mol. The van der Waals surface area contributed by atoms with Crippen LogP contribution < -0.4 is 10.6 Å². The van der Waals surface area contributed by atoms with Crippen molar-refractivity contribution in [2.24, 2.45) is 11.7 Å². The number of benzene rings is 1. The first-order chi connectivity index (χ1) is 8.83. The molecule has 1 aliphatic rings. The summed E-state index contributed by atoms with van der Waals surface area (Å²) in [4.78, 5) is 2.55. The fraction of sp³-hybridized carbons (Fsp3) is 0.625. The highest BCUT2D eigenvalue weighted by atomic mass is 15.1. The van der Waals surface area contributed by atoms with Crippen LogP contribution in [-0.2, 0) is 6.54 Å². The zero-order valence-electron chi connectivity index (χ0n) is 11.6. The first kappa shape index (κ1) is 13.4. The summed E-state index contributed by atoms with van der Waals surface area (Å²) >= 11 is 0. The zero-order chi connectivity index (χ0) is 12.8. The van der Waals surface area contributed by atoms with E-state index in [0.29, 0.717) is 6.54 Å². The molecule has 18 heavy (non-hydrogen) atoms. The normalized spacial score (nSPS) is 16.1. The molecule has 0 unspecified atom stereocenters. The lowest BCUT2D eigenvalue weighted by molar-refractivity contribution is 0.529. The van der Waals surface area contributed by atoms with E-state index < -0.39 is 0 Å². The lowest BCUT2D eigenvalue weighted by atomic mass is 10.1. The third-order valence-corrected chi connectivity index (χ3v) is 3.98. The fourth-order valence-corrected chi connectivity index (χ4v) is 2.94. The molecule has 2 N–H and O–H groups in total. The van der Waals surface area contributed by atoms with E-state index >= 15 is 0 Å². The molecule has 0 saturated heterocycles. The third kappa shape index (κ3) is 3.49. The Bertz CT molecular complexity index is 339. The smallest absolute Gasteiger partial charge is 0.0366 e. The molecule has 0 atom stereocenters. The van der Waals surface area contributed by atoms with Crippen LogP contribution in [0.3, 0.4) is 0 Å². The molecule has 0 aromatic heterocycles. The first-order valence-corrected chi connectivity index (χ1v) is 7.37. The van der Waals surface area contributed by atoms with Crippen LogP contribution >= 0.6 is 0 Å². The molecule has 0 aliphatic heterocycles. The molecule has 0 amide bonds. The van der Waals surface area contributed by atoms with Crippen molar-refractivity contribution in [2.45, 2.75) is 45.6 Å². The number of hydrogen-bond donors (Lipinski definition) is 1. The molecule has 1 aliphatic carbocycles. The van der Waals surface area contributed by atoms with Crippen molar-refractivity contribution < 1.29 is 0 Å². The zero-order valence-corrected chi connectivity index (χ0v) is 11.6. The van der Waals surface area contributed by atoms with Gasteiger partial charge < -0.3 is 10.6 Å². The average molecular weight is 246 g/mol. The summed E-state index contributed by atoms with van der Waals surface area (Å²) in [5.41, 5.74) is 8.23. The Morgan fingerprint density at radius 3 is 2.39 bits per heavy atom. The topological polar surface area (TPSA) is 29.3 Å². The van der Waals surface area contributed by atoms with Gasteiger partial charge in [0.2, 0.25) is 0 Å². The fourth-order valence-electron chi connectivity index (χ4n) is 2.94. The monoisotopic (exact) mass is 246 g/mol. The van der Waals surface area contributed by atoms with Crippen molar-refractivity contribution in [1.82, 2.24) is 0 Å². The highest BCUT2D eigenvalue weighted by Gasteiger charge is 2.18. The van der Waals surface area contributed by atoms with E-state index in [1.54, 1.807) is 0 Å². The van der Waals surface area contributed by atoms with E-state index in [1.807, 2.05) is 0 Å². The second-order valence-corrected chi connectivity index (χ2v) is 5.47. The molecule has 2 heteroatoms. The van der Waals surface area contributed by atoms with Crippen LogP contribution in [0.25, 0.3) is 0 Å². The van der Waals surface area contributed by atoms with Gasteiger partial charge in [-0.1, -0.05) is 31.9 Å². The van der Waals surface area contributed by atoms with Crippen molar-refractivity contribution in [3.8, 4) is 0 Å². The van der Waals surface area contributed by atoms with Crippen molar-refractivity contribution >= 4 is 5.69 Å². The number of nitrogens with zero attached hydrogens (tertiary/aromatic N) is 1. The summed E-state index contributed by atoms with van der Waals surface area (Å²) in [5, 5.41) is 0. The molecule has 2 nitrogen and oxygen atoms in total. The van der Waals surface area contributed by atoms with Crippen molar-refractivity contribution in [1.29, 1.82) is 0 Å². The minimum absolute atomic E-state index is 0.636. The van der Waals surface area contributed by atoms with E-state index in [9.17, 15) is 0 Å². The summed E-state index contributed by atoms with van der Waals surface area (Å²) in [6.45, 7) is 5.29. The Labute approximate surface area is 111 Å². The standard InChI is InChI=1S/C16H26N2/c1-2-11-18(13-15-5-3-4-6-15)16-9-7-14(12-17)8-10-16/h7-10,15H,2-6,11-13,17H2,1H3. The highest BCUT2D eigenvalue weighted by Crippen LogP contribution is 2.27. The van der Waals surface area contributed by atoms with Gasteiger partial charge in [-0.15, -0.1) is 0 Å². The maximum Gasteiger partial charge on any atom is 0.0366 e. The molecule has 100 valence electrons. The SMILES string of the molecule is CCCN(CC1CCCC1)c1ccc(CN)cc1. The summed E-state index contributed by atoms with van der Waals surface area (Å²) in [6.07, 6.45) is 6.90. The molecule has 1 fully saturated rings.